The van der Waals surface area contributed by atoms with E-state index < -0.39 is 0 Å². The zero-order valence-corrected chi connectivity index (χ0v) is 18.7. The number of benzene rings is 1. The number of nitrogens with zero attached hydrogens (tertiary/aromatic N) is 1. The lowest BCUT2D eigenvalue weighted by atomic mass is 10.1. The Kier molecular flexibility index (Phi) is 15.7. The van der Waals surface area contributed by atoms with Crippen molar-refractivity contribution in [2.45, 2.75) is 91.5 Å². The average molecular weight is 412 g/mol. The summed E-state index contributed by atoms with van der Waals surface area (Å²) < 4.78 is 1.30. The maximum Gasteiger partial charge on any atom is 0.104 e. The van der Waals surface area contributed by atoms with Crippen LogP contribution in [0, 0.1) is 0 Å². The van der Waals surface area contributed by atoms with E-state index in [1.165, 1.54) is 100 Å². The Morgan fingerprint density at radius 2 is 1.12 bits per heavy atom. The summed E-state index contributed by atoms with van der Waals surface area (Å²) in [7, 11) is 0. The van der Waals surface area contributed by atoms with Crippen molar-refractivity contribution in [3.63, 3.8) is 0 Å². The van der Waals surface area contributed by atoms with Gasteiger partial charge in [-0.1, -0.05) is 89.6 Å². The Morgan fingerprint density at radius 1 is 0.600 bits per heavy atom. The minimum Gasteiger partial charge on any atom is -1.00 e. The van der Waals surface area contributed by atoms with E-state index in [2.05, 4.69) is 51.1 Å². The third-order valence-electron chi connectivity index (χ3n) is 5.24. The van der Waals surface area contributed by atoms with E-state index in [0.717, 1.165) is 0 Å². The van der Waals surface area contributed by atoms with Gasteiger partial charge in [0.05, 0.1) is 19.6 Å². The van der Waals surface area contributed by atoms with Gasteiger partial charge in [0.15, 0.2) is 0 Å². The van der Waals surface area contributed by atoms with Crippen LogP contribution in [-0.2, 0) is 6.54 Å². The SMILES string of the molecule is CCCCCCCCCC[N+](CCC)(CCC)Cc1ccccc1.[Br-]. The highest BCUT2D eigenvalue weighted by molar-refractivity contribution is 5.13. The molecule has 1 rings (SSSR count). The molecular formula is C23H42BrN. The van der Waals surface area contributed by atoms with E-state index in [-0.39, 0.29) is 17.0 Å². The molecule has 1 aromatic carbocycles. The molecule has 1 nitrogen and oxygen atoms in total. The Labute approximate surface area is 168 Å². The molecule has 0 radical (unpaired) electrons. The molecule has 146 valence electrons. The molecule has 0 amide bonds. The van der Waals surface area contributed by atoms with Crippen LogP contribution in [-0.4, -0.2) is 24.1 Å². The van der Waals surface area contributed by atoms with Crippen LogP contribution in [0.15, 0.2) is 30.3 Å². The van der Waals surface area contributed by atoms with Crippen LogP contribution in [0.5, 0.6) is 0 Å². The Balaban J connectivity index is 0.00000576. The van der Waals surface area contributed by atoms with Crippen LogP contribution >= 0.6 is 0 Å². The third kappa shape index (κ3) is 11.1. The van der Waals surface area contributed by atoms with Gasteiger partial charge >= 0.3 is 0 Å². The van der Waals surface area contributed by atoms with Crippen molar-refractivity contribution in [1.82, 2.24) is 0 Å². The van der Waals surface area contributed by atoms with Gasteiger partial charge in [-0.15, -0.1) is 0 Å². The van der Waals surface area contributed by atoms with E-state index in [0.29, 0.717) is 0 Å². The quantitative estimate of drug-likeness (QED) is 0.302. The fourth-order valence-corrected chi connectivity index (χ4v) is 4.07. The molecule has 0 aliphatic rings. The van der Waals surface area contributed by atoms with Crippen LogP contribution < -0.4 is 17.0 Å². The lowest BCUT2D eigenvalue weighted by Crippen LogP contribution is -3.00. The van der Waals surface area contributed by atoms with E-state index >= 15 is 0 Å². The summed E-state index contributed by atoms with van der Waals surface area (Å²) in [4.78, 5) is 0. The molecule has 0 spiro atoms. The van der Waals surface area contributed by atoms with Gasteiger partial charge in [-0.25, -0.2) is 0 Å². The fourth-order valence-electron chi connectivity index (χ4n) is 4.07. The van der Waals surface area contributed by atoms with E-state index in [1.54, 1.807) is 0 Å². The Morgan fingerprint density at radius 3 is 1.64 bits per heavy atom. The first-order valence-electron chi connectivity index (χ1n) is 10.7. The summed E-state index contributed by atoms with van der Waals surface area (Å²) in [6.45, 7) is 12.2. The molecule has 0 bridgehead atoms. The number of unbranched alkanes of at least 4 members (excludes halogenated alkanes) is 7. The fraction of sp³-hybridized carbons (Fsp3) is 0.739. The Hall–Kier alpha value is -0.340. The summed E-state index contributed by atoms with van der Waals surface area (Å²) in [6.07, 6.45) is 14.0. The van der Waals surface area contributed by atoms with Crippen molar-refractivity contribution in [3.8, 4) is 0 Å². The first-order chi connectivity index (χ1) is 11.8. The number of hydrogen-bond acceptors (Lipinski definition) is 0. The molecule has 0 atom stereocenters. The van der Waals surface area contributed by atoms with E-state index in [9.17, 15) is 0 Å². The molecule has 0 aliphatic heterocycles. The van der Waals surface area contributed by atoms with Crippen molar-refractivity contribution >= 4 is 0 Å². The molecule has 0 saturated heterocycles. The van der Waals surface area contributed by atoms with E-state index in [1.807, 2.05) is 0 Å². The zero-order chi connectivity index (χ0) is 17.5. The second kappa shape index (κ2) is 15.9. The number of halogens is 1. The highest BCUT2D eigenvalue weighted by atomic mass is 79.9. The van der Waals surface area contributed by atoms with Gasteiger partial charge in [0.25, 0.3) is 0 Å². The second-order valence-electron chi connectivity index (χ2n) is 7.63. The van der Waals surface area contributed by atoms with Gasteiger partial charge in [0.1, 0.15) is 6.54 Å². The molecular weight excluding hydrogens is 370 g/mol. The monoisotopic (exact) mass is 411 g/mol. The minimum atomic E-state index is 0. The molecule has 25 heavy (non-hydrogen) atoms. The van der Waals surface area contributed by atoms with Crippen molar-refractivity contribution in [1.29, 1.82) is 0 Å². The lowest BCUT2D eigenvalue weighted by Gasteiger charge is -2.39. The zero-order valence-electron chi connectivity index (χ0n) is 17.1. The molecule has 0 aromatic heterocycles. The van der Waals surface area contributed by atoms with Gasteiger partial charge in [-0.3, -0.25) is 0 Å². The van der Waals surface area contributed by atoms with Crippen LogP contribution in [0.25, 0.3) is 0 Å². The largest absolute Gasteiger partial charge is 1.00 e. The summed E-state index contributed by atoms with van der Waals surface area (Å²) >= 11 is 0. The topological polar surface area (TPSA) is 0 Å². The van der Waals surface area contributed by atoms with E-state index in [4.69, 9.17) is 0 Å². The van der Waals surface area contributed by atoms with Crippen molar-refractivity contribution in [2.75, 3.05) is 19.6 Å². The molecule has 0 unspecified atom stereocenters. The summed E-state index contributed by atoms with van der Waals surface area (Å²) in [5.41, 5.74) is 1.51. The molecule has 0 aliphatic carbocycles. The standard InChI is InChI=1S/C23H42N.BrH/c1-4-7-8-9-10-11-12-16-21-24(19-5-2,20-6-3)22-23-17-14-13-15-18-23;/h13-15,17-18H,4-12,16,19-22H2,1-3H3;1H/q+1;/p-1. The van der Waals surface area contributed by atoms with Gasteiger partial charge < -0.3 is 21.5 Å². The van der Waals surface area contributed by atoms with Crippen LogP contribution in [0.2, 0.25) is 0 Å². The van der Waals surface area contributed by atoms with Gasteiger partial charge in [-0.2, -0.15) is 0 Å². The van der Waals surface area contributed by atoms with Crippen molar-refractivity contribution < 1.29 is 21.5 Å². The van der Waals surface area contributed by atoms with Crippen LogP contribution in [0.4, 0.5) is 0 Å². The summed E-state index contributed by atoms with van der Waals surface area (Å²) in [5, 5.41) is 0. The Bertz CT molecular complexity index is 384. The van der Waals surface area contributed by atoms with Gasteiger partial charge in [-0.05, 0) is 25.7 Å². The number of quaternary nitrogens is 1. The molecule has 0 saturated carbocycles. The summed E-state index contributed by atoms with van der Waals surface area (Å²) in [5.74, 6) is 0. The van der Waals surface area contributed by atoms with Crippen LogP contribution in [0.3, 0.4) is 0 Å². The predicted octanol–water partition coefficient (Wildman–Crippen LogP) is 3.97. The summed E-state index contributed by atoms with van der Waals surface area (Å²) in [6, 6.07) is 11.1. The normalized spacial score (nSPS) is 11.3. The number of rotatable bonds is 15. The second-order valence-corrected chi connectivity index (χ2v) is 7.63. The maximum absolute atomic E-state index is 2.35. The average Bonchev–Trinajstić information content (AvgIpc) is 2.59. The highest BCUT2D eigenvalue weighted by Gasteiger charge is 2.25. The van der Waals surface area contributed by atoms with Gasteiger partial charge in [0, 0.05) is 5.56 Å². The van der Waals surface area contributed by atoms with Crippen molar-refractivity contribution in [3.05, 3.63) is 35.9 Å². The highest BCUT2D eigenvalue weighted by Crippen LogP contribution is 2.19. The lowest BCUT2D eigenvalue weighted by molar-refractivity contribution is -0.941. The molecule has 0 heterocycles. The first kappa shape index (κ1) is 24.7. The molecule has 0 fully saturated rings. The van der Waals surface area contributed by atoms with Crippen molar-refractivity contribution in [2.24, 2.45) is 0 Å². The van der Waals surface area contributed by atoms with Crippen LogP contribution in [0.1, 0.15) is 90.5 Å². The maximum atomic E-state index is 2.35. The molecule has 1 aromatic rings. The first-order valence-corrected chi connectivity index (χ1v) is 10.7. The molecule has 2 heteroatoms. The van der Waals surface area contributed by atoms with Gasteiger partial charge in [0.2, 0.25) is 0 Å². The molecule has 0 N–H and O–H groups in total. The number of hydrogen-bond donors (Lipinski definition) is 0. The predicted molar refractivity (Wildman–Crippen MR) is 108 cm³/mol. The third-order valence-corrected chi connectivity index (χ3v) is 5.24. The minimum absolute atomic E-state index is 0. The smallest absolute Gasteiger partial charge is 0.104 e.